The van der Waals surface area contributed by atoms with E-state index in [2.05, 4.69) is 47.1 Å². The number of aliphatic carboxylic acids is 1. The molecule has 1 fully saturated rings. The summed E-state index contributed by atoms with van der Waals surface area (Å²) < 4.78 is 0.950. The number of carboxylic acids is 1. The zero-order valence-electron chi connectivity index (χ0n) is 10.5. The molecule has 8 heteroatoms. The number of halogens is 2. The van der Waals surface area contributed by atoms with E-state index in [0.717, 1.165) is 12.8 Å². The molecule has 0 bridgehead atoms. The molecule has 1 saturated carbocycles. The summed E-state index contributed by atoms with van der Waals surface area (Å²) in [5.74, 6) is -2.06. The number of hydrogen-bond acceptors (Lipinski definition) is 4. The van der Waals surface area contributed by atoms with Crippen LogP contribution in [-0.4, -0.2) is 27.0 Å². The third-order valence-electron chi connectivity index (χ3n) is 3.36. The number of amides is 1. The van der Waals surface area contributed by atoms with Gasteiger partial charge in [-0.2, -0.15) is 0 Å². The second-order valence-corrected chi connectivity index (χ2v) is 6.22. The van der Waals surface area contributed by atoms with E-state index in [1.54, 1.807) is 0 Å². The van der Waals surface area contributed by atoms with Crippen molar-refractivity contribution in [1.29, 1.82) is 0 Å². The van der Waals surface area contributed by atoms with Crippen molar-refractivity contribution >= 4 is 49.6 Å². The second kappa shape index (κ2) is 6.62. The molecule has 2 atom stereocenters. The fraction of sp³-hybridized carbons (Fsp3) is 0.500. The number of hydrogen-bond donors (Lipinski definition) is 2. The van der Waals surface area contributed by atoms with Crippen LogP contribution in [0.4, 0.5) is 5.82 Å². The minimum Gasteiger partial charge on any atom is -0.481 e. The van der Waals surface area contributed by atoms with Crippen LogP contribution in [0.1, 0.15) is 25.7 Å². The van der Waals surface area contributed by atoms with Gasteiger partial charge in [0.05, 0.1) is 18.0 Å². The summed E-state index contributed by atoms with van der Waals surface area (Å²) in [5, 5.41) is 11.8. The minimum absolute atomic E-state index is 0.299. The molecule has 1 aliphatic rings. The zero-order chi connectivity index (χ0) is 14.7. The van der Waals surface area contributed by atoms with Gasteiger partial charge in [0.15, 0.2) is 5.82 Å². The quantitative estimate of drug-likeness (QED) is 0.805. The molecular weight excluding hydrogens is 394 g/mol. The normalized spacial score (nSPS) is 22.3. The average Bonchev–Trinajstić information content (AvgIpc) is 2.41. The van der Waals surface area contributed by atoms with Gasteiger partial charge in [0.1, 0.15) is 9.21 Å². The van der Waals surface area contributed by atoms with Gasteiger partial charge in [-0.3, -0.25) is 9.59 Å². The number of aromatic nitrogens is 2. The van der Waals surface area contributed by atoms with Crippen molar-refractivity contribution in [1.82, 2.24) is 9.97 Å². The third kappa shape index (κ3) is 3.54. The second-order valence-electron chi connectivity index (χ2n) is 4.66. The highest BCUT2D eigenvalue weighted by atomic mass is 79.9. The molecule has 0 aromatic carbocycles. The van der Waals surface area contributed by atoms with Gasteiger partial charge in [0.2, 0.25) is 5.91 Å². The molecule has 1 aromatic rings. The molecule has 2 rings (SSSR count). The van der Waals surface area contributed by atoms with Gasteiger partial charge < -0.3 is 10.4 Å². The van der Waals surface area contributed by atoms with Crippen LogP contribution in [0.3, 0.4) is 0 Å². The first-order chi connectivity index (χ1) is 9.49. The molecular formula is C12H13Br2N3O3. The first-order valence-corrected chi connectivity index (χ1v) is 7.79. The predicted molar refractivity (Wildman–Crippen MR) is 79.1 cm³/mol. The summed E-state index contributed by atoms with van der Waals surface area (Å²) >= 11 is 6.38. The lowest BCUT2D eigenvalue weighted by atomic mass is 9.79. The minimum atomic E-state index is -0.911. The Morgan fingerprint density at radius 2 is 1.90 bits per heavy atom. The topological polar surface area (TPSA) is 92.2 Å². The van der Waals surface area contributed by atoms with Gasteiger partial charge in [0.25, 0.3) is 0 Å². The lowest BCUT2D eigenvalue weighted by Crippen LogP contribution is -2.36. The Balaban J connectivity index is 2.12. The van der Waals surface area contributed by atoms with Gasteiger partial charge in [-0.15, -0.1) is 0 Å². The van der Waals surface area contributed by atoms with E-state index < -0.39 is 17.8 Å². The maximum absolute atomic E-state index is 12.2. The Bertz CT molecular complexity index is 539. The number of carbonyl (C=O) groups excluding carboxylic acids is 1. The van der Waals surface area contributed by atoms with E-state index in [1.165, 1.54) is 6.20 Å². The highest BCUT2D eigenvalue weighted by Gasteiger charge is 2.36. The average molecular weight is 407 g/mol. The fourth-order valence-electron chi connectivity index (χ4n) is 2.38. The SMILES string of the molecule is O=C(O)[C@H]1CCCC[C@H]1C(=O)Nc1ncc(Br)nc1Br. The zero-order valence-corrected chi connectivity index (χ0v) is 13.6. The van der Waals surface area contributed by atoms with E-state index in [-0.39, 0.29) is 5.91 Å². The van der Waals surface area contributed by atoms with Crippen LogP contribution in [0.15, 0.2) is 15.4 Å². The van der Waals surface area contributed by atoms with Crippen LogP contribution >= 0.6 is 31.9 Å². The van der Waals surface area contributed by atoms with Crippen molar-refractivity contribution < 1.29 is 14.7 Å². The van der Waals surface area contributed by atoms with Crippen molar-refractivity contribution in [2.45, 2.75) is 25.7 Å². The first kappa shape index (κ1) is 15.4. The fourth-order valence-corrected chi connectivity index (χ4v) is 3.29. The molecule has 1 aliphatic carbocycles. The Labute approximate surface area is 132 Å². The van der Waals surface area contributed by atoms with Crippen molar-refractivity contribution in [3.8, 4) is 0 Å². The van der Waals surface area contributed by atoms with Gasteiger partial charge in [0, 0.05) is 0 Å². The van der Waals surface area contributed by atoms with Crippen LogP contribution in [0.5, 0.6) is 0 Å². The summed E-state index contributed by atoms with van der Waals surface area (Å²) in [6, 6.07) is 0. The van der Waals surface area contributed by atoms with Crippen molar-refractivity contribution in [2.75, 3.05) is 5.32 Å². The van der Waals surface area contributed by atoms with E-state index in [0.29, 0.717) is 27.9 Å². The molecule has 6 nitrogen and oxygen atoms in total. The molecule has 108 valence electrons. The summed E-state index contributed by atoms with van der Waals surface area (Å²) in [7, 11) is 0. The molecule has 0 saturated heterocycles. The number of anilines is 1. The lowest BCUT2D eigenvalue weighted by molar-refractivity contribution is -0.147. The Hall–Kier alpha value is -1.02. The van der Waals surface area contributed by atoms with Crippen LogP contribution in [-0.2, 0) is 9.59 Å². The molecule has 1 heterocycles. The number of nitrogens with zero attached hydrogens (tertiary/aromatic N) is 2. The Morgan fingerprint density at radius 1 is 1.25 bits per heavy atom. The highest BCUT2D eigenvalue weighted by molar-refractivity contribution is 9.11. The molecule has 0 spiro atoms. The molecule has 20 heavy (non-hydrogen) atoms. The molecule has 1 amide bonds. The maximum Gasteiger partial charge on any atom is 0.307 e. The number of carbonyl (C=O) groups is 2. The standard InChI is InChI=1S/C12H13Br2N3O3/c13-8-5-15-10(9(14)16-8)17-11(18)6-3-1-2-4-7(6)12(19)20/h5-7H,1-4H2,(H,19,20)(H,15,17,18)/t6-,7+/m1/s1. The van der Waals surface area contributed by atoms with E-state index in [4.69, 9.17) is 0 Å². The molecule has 0 unspecified atom stereocenters. The Morgan fingerprint density at radius 3 is 2.50 bits per heavy atom. The number of nitrogens with one attached hydrogen (secondary N) is 1. The van der Waals surface area contributed by atoms with Gasteiger partial charge >= 0.3 is 5.97 Å². The number of rotatable bonds is 3. The molecule has 2 N–H and O–H groups in total. The van der Waals surface area contributed by atoms with Gasteiger partial charge in [-0.1, -0.05) is 12.8 Å². The molecule has 0 radical (unpaired) electrons. The molecule has 0 aliphatic heterocycles. The van der Waals surface area contributed by atoms with Crippen molar-refractivity contribution in [3.63, 3.8) is 0 Å². The predicted octanol–water partition coefficient (Wildman–Crippen LogP) is 2.83. The molecule has 1 aromatic heterocycles. The summed E-state index contributed by atoms with van der Waals surface area (Å²) in [4.78, 5) is 31.6. The van der Waals surface area contributed by atoms with Crippen molar-refractivity contribution in [3.05, 3.63) is 15.4 Å². The maximum atomic E-state index is 12.2. The van der Waals surface area contributed by atoms with Crippen LogP contribution in [0.25, 0.3) is 0 Å². The van der Waals surface area contributed by atoms with Crippen molar-refractivity contribution in [2.24, 2.45) is 11.8 Å². The lowest BCUT2D eigenvalue weighted by Gasteiger charge is -2.27. The van der Waals surface area contributed by atoms with Gasteiger partial charge in [-0.25, -0.2) is 9.97 Å². The first-order valence-electron chi connectivity index (χ1n) is 6.20. The van der Waals surface area contributed by atoms with Crippen LogP contribution in [0.2, 0.25) is 0 Å². The van der Waals surface area contributed by atoms with E-state index in [1.807, 2.05) is 0 Å². The summed E-state index contributed by atoms with van der Waals surface area (Å²) in [6.07, 6.45) is 4.32. The largest absolute Gasteiger partial charge is 0.481 e. The summed E-state index contributed by atoms with van der Waals surface area (Å²) in [5.41, 5.74) is 0. The third-order valence-corrected chi connectivity index (χ3v) is 4.30. The summed E-state index contributed by atoms with van der Waals surface area (Å²) in [6.45, 7) is 0. The Kier molecular flexibility index (Phi) is 5.09. The number of carboxylic acid groups (broad SMARTS) is 1. The highest BCUT2D eigenvalue weighted by Crippen LogP contribution is 2.31. The van der Waals surface area contributed by atoms with E-state index >= 15 is 0 Å². The van der Waals surface area contributed by atoms with Gasteiger partial charge in [-0.05, 0) is 44.7 Å². The van der Waals surface area contributed by atoms with Crippen LogP contribution < -0.4 is 5.32 Å². The van der Waals surface area contributed by atoms with Crippen LogP contribution in [0, 0.1) is 11.8 Å². The van der Waals surface area contributed by atoms with E-state index in [9.17, 15) is 14.7 Å². The monoisotopic (exact) mass is 405 g/mol. The smallest absolute Gasteiger partial charge is 0.307 e.